The van der Waals surface area contributed by atoms with E-state index in [0.29, 0.717) is 44.7 Å². The van der Waals surface area contributed by atoms with Gasteiger partial charge >= 0.3 is 0 Å². The quantitative estimate of drug-likeness (QED) is 0.269. The molecule has 236 valence electrons. The molecule has 4 rings (SSSR count). The molecule has 1 fully saturated rings. The molecule has 0 bridgehead atoms. The summed E-state index contributed by atoms with van der Waals surface area (Å²) in [7, 11) is -3.58. The molecule has 0 unspecified atom stereocenters. The third kappa shape index (κ3) is 9.95. The van der Waals surface area contributed by atoms with Crippen LogP contribution in [0.1, 0.15) is 30.0 Å². The zero-order chi connectivity index (χ0) is 31.4. The van der Waals surface area contributed by atoms with Crippen molar-refractivity contribution in [3.8, 4) is 0 Å². The summed E-state index contributed by atoms with van der Waals surface area (Å²) in [5.74, 6) is -0.869. The standard InChI is InChI=1S/C33H41FN4O5S/c1-2-36-44(41,42)30-15-10-26(11-16-30)12-17-32(39)38(25-28-8-13-29(34)14-9-28)31(24-27-6-4-3-5-7-27)33(40)35-18-19-37-20-22-43-23-21-37/h3-11,13-16,31,36H,2,12,17-25H2,1H3,(H,35,40)/t31-/m1/s1. The van der Waals surface area contributed by atoms with Crippen LogP contribution in [-0.2, 0) is 43.7 Å². The van der Waals surface area contributed by atoms with Gasteiger partial charge in [0.1, 0.15) is 11.9 Å². The number of halogens is 1. The second kappa shape index (κ2) is 16.4. The van der Waals surface area contributed by atoms with E-state index < -0.39 is 16.1 Å². The molecule has 11 heteroatoms. The summed E-state index contributed by atoms with van der Waals surface area (Å²) in [6.07, 6.45) is 0.776. The van der Waals surface area contributed by atoms with Gasteiger partial charge in [0.05, 0.1) is 18.1 Å². The summed E-state index contributed by atoms with van der Waals surface area (Å²) in [4.78, 5) is 31.6. The van der Waals surface area contributed by atoms with Gasteiger partial charge in [-0.05, 0) is 47.4 Å². The lowest BCUT2D eigenvalue weighted by molar-refractivity contribution is -0.141. The predicted molar refractivity (Wildman–Crippen MR) is 167 cm³/mol. The molecule has 3 aromatic rings. The van der Waals surface area contributed by atoms with E-state index in [4.69, 9.17) is 4.74 Å². The van der Waals surface area contributed by atoms with Crippen molar-refractivity contribution in [2.24, 2.45) is 0 Å². The number of carbonyl (C=O) groups is 2. The van der Waals surface area contributed by atoms with Crippen molar-refractivity contribution in [2.45, 2.75) is 43.7 Å². The lowest BCUT2D eigenvalue weighted by atomic mass is 10.0. The van der Waals surface area contributed by atoms with Gasteiger partial charge in [0, 0.05) is 52.1 Å². The number of rotatable bonds is 15. The molecule has 2 N–H and O–H groups in total. The van der Waals surface area contributed by atoms with E-state index >= 15 is 0 Å². The van der Waals surface area contributed by atoms with E-state index in [1.807, 2.05) is 30.3 Å². The number of aryl methyl sites for hydroxylation is 1. The number of morpholine rings is 1. The van der Waals surface area contributed by atoms with E-state index in [9.17, 15) is 22.4 Å². The van der Waals surface area contributed by atoms with Crippen LogP contribution >= 0.6 is 0 Å². The smallest absolute Gasteiger partial charge is 0.243 e. The SMILES string of the molecule is CCNS(=O)(=O)c1ccc(CCC(=O)N(Cc2ccc(F)cc2)[C@H](Cc2ccccc2)C(=O)NCCN2CCOCC2)cc1. The molecule has 1 aliphatic heterocycles. The minimum Gasteiger partial charge on any atom is -0.379 e. The largest absolute Gasteiger partial charge is 0.379 e. The lowest BCUT2D eigenvalue weighted by Gasteiger charge is -2.32. The van der Waals surface area contributed by atoms with Crippen LogP contribution in [0.4, 0.5) is 4.39 Å². The highest BCUT2D eigenvalue weighted by atomic mass is 32.2. The fourth-order valence-corrected chi connectivity index (χ4v) is 6.16. The molecule has 2 amide bonds. The van der Waals surface area contributed by atoms with Crippen molar-refractivity contribution in [3.05, 3.63) is 101 Å². The Kier molecular flexibility index (Phi) is 12.4. The van der Waals surface area contributed by atoms with Crippen LogP contribution in [0.5, 0.6) is 0 Å². The summed E-state index contributed by atoms with van der Waals surface area (Å²) in [5, 5.41) is 3.05. The zero-order valence-corrected chi connectivity index (χ0v) is 25.9. The van der Waals surface area contributed by atoms with Gasteiger partial charge in [-0.3, -0.25) is 14.5 Å². The zero-order valence-electron chi connectivity index (χ0n) is 25.1. The number of hydrogen-bond donors (Lipinski definition) is 2. The molecular weight excluding hydrogens is 583 g/mol. The van der Waals surface area contributed by atoms with E-state index in [1.54, 1.807) is 36.1 Å². The van der Waals surface area contributed by atoms with Gasteiger partial charge in [0.15, 0.2) is 0 Å². The Bertz CT molecular complexity index is 1450. The Morgan fingerprint density at radius 3 is 2.25 bits per heavy atom. The van der Waals surface area contributed by atoms with E-state index in [1.165, 1.54) is 24.3 Å². The molecule has 1 atom stereocenters. The first-order valence-corrected chi connectivity index (χ1v) is 16.5. The Balaban J connectivity index is 1.53. The predicted octanol–water partition coefficient (Wildman–Crippen LogP) is 3.15. The fraction of sp³-hybridized carbons (Fsp3) is 0.394. The number of benzene rings is 3. The van der Waals surface area contributed by atoms with Crippen LogP contribution in [0.3, 0.4) is 0 Å². The van der Waals surface area contributed by atoms with Gasteiger partial charge in [-0.25, -0.2) is 17.5 Å². The topological polar surface area (TPSA) is 108 Å². The van der Waals surface area contributed by atoms with Gasteiger partial charge in [0.2, 0.25) is 21.8 Å². The number of amides is 2. The first kappa shape index (κ1) is 33.3. The second-order valence-electron chi connectivity index (χ2n) is 10.7. The van der Waals surface area contributed by atoms with E-state index in [-0.39, 0.29) is 42.0 Å². The average Bonchev–Trinajstić information content (AvgIpc) is 3.03. The highest BCUT2D eigenvalue weighted by molar-refractivity contribution is 7.89. The number of sulfonamides is 1. The monoisotopic (exact) mass is 624 g/mol. The minimum atomic E-state index is -3.58. The fourth-order valence-electron chi connectivity index (χ4n) is 5.12. The summed E-state index contributed by atoms with van der Waals surface area (Å²) in [5.41, 5.74) is 2.41. The molecule has 0 aliphatic carbocycles. The Morgan fingerprint density at radius 2 is 1.59 bits per heavy atom. The first-order valence-electron chi connectivity index (χ1n) is 15.0. The van der Waals surface area contributed by atoms with Gasteiger partial charge in [-0.15, -0.1) is 0 Å². The third-order valence-corrected chi connectivity index (χ3v) is 9.13. The normalized spacial score (nSPS) is 14.6. The van der Waals surface area contributed by atoms with Gasteiger partial charge in [-0.2, -0.15) is 0 Å². The van der Waals surface area contributed by atoms with E-state index in [0.717, 1.165) is 24.2 Å². The molecule has 3 aromatic carbocycles. The lowest BCUT2D eigenvalue weighted by Crippen LogP contribution is -2.52. The number of carbonyl (C=O) groups excluding carboxylic acids is 2. The van der Waals surface area contributed by atoms with Crippen molar-refractivity contribution < 1.29 is 27.1 Å². The Labute approximate surface area is 259 Å². The summed E-state index contributed by atoms with van der Waals surface area (Å²) in [6.45, 7) is 6.19. The number of nitrogens with zero attached hydrogens (tertiary/aromatic N) is 2. The second-order valence-corrected chi connectivity index (χ2v) is 12.5. The highest BCUT2D eigenvalue weighted by Crippen LogP contribution is 2.18. The van der Waals surface area contributed by atoms with Gasteiger partial charge in [0.25, 0.3) is 0 Å². The molecule has 1 aliphatic rings. The van der Waals surface area contributed by atoms with Crippen molar-refractivity contribution in [1.29, 1.82) is 0 Å². The Morgan fingerprint density at radius 1 is 0.932 bits per heavy atom. The molecule has 9 nitrogen and oxygen atoms in total. The van der Waals surface area contributed by atoms with Crippen molar-refractivity contribution in [2.75, 3.05) is 45.9 Å². The number of ether oxygens (including phenoxy) is 1. The summed E-state index contributed by atoms with van der Waals surface area (Å²) in [6, 6.07) is 21.1. The maximum absolute atomic E-state index is 13.9. The summed E-state index contributed by atoms with van der Waals surface area (Å²) >= 11 is 0. The molecule has 0 aromatic heterocycles. The van der Waals surface area contributed by atoms with Crippen LogP contribution < -0.4 is 10.0 Å². The van der Waals surface area contributed by atoms with Crippen molar-refractivity contribution in [1.82, 2.24) is 19.8 Å². The van der Waals surface area contributed by atoms with Gasteiger partial charge in [-0.1, -0.05) is 61.5 Å². The van der Waals surface area contributed by atoms with Crippen LogP contribution in [0, 0.1) is 5.82 Å². The number of hydrogen-bond acceptors (Lipinski definition) is 6. The molecule has 1 saturated heterocycles. The van der Waals surface area contributed by atoms with Crippen molar-refractivity contribution in [3.63, 3.8) is 0 Å². The van der Waals surface area contributed by atoms with Gasteiger partial charge < -0.3 is 15.0 Å². The molecule has 0 spiro atoms. The van der Waals surface area contributed by atoms with Crippen LogP contribution in [-0.4, -0.2) is 82.0 Å². The molecule has 0 radical (unpaired) electrons. The first-order chi connectivity index (χ1) is 21.2. The molecule has 0 saturated carbocycles. The maximum atomic E-state index is 13.9. The molecule has 1 heterocycles. The van der Waals surface area contributed by atoms with Crippen LogP contribution in [0.25, 0.3) is 0 Å². The number of nitrogens with one attached hydrogen (secondary N) is 2. The van der Waals surface area contributed by atoms with E-state index in [2.05, 4.69) is 14.9 Å². The minimum absolute atomic E-state index is 0.104. The molecular formula is C33H41FN4O5S. The van der Waals surface area contributed by atoms with Crippen LogP contribution in [0.2, 0.25) is 0 Å². The van der Waals surface area contributed by atoms with Crippen LogP contribution in [0.15, 0.2) is 83.8 Å². The maximum Gasteiger partial charge on any atom is 0.243 e. The average molecular weight is 625 g/mol. The highest BCUT2D eigenvalue weighted by Gasteiger charge is 2.30. The summed E-state index contributed by atoms with van der Waals surface area (Å²) < 4.78 is 46.2. The third-order valence-electron chi connectivity index (χ3n) is 7.56. The molecule has 44 heavy (non-hydrogen) atoms. The Hall–Kier alpha value is -3.64. The van der Waals surface area contributed by atoms with Crippen molar-refractivity contribution >= 4 is 21.8 Å².